The van der Waals surface area contributed by atoms with Crippen molar-refractivity contribution >= 4 is 29.0 Å². The smallest absolute Gasteiger partial charge is 0.341 e. The first-order chi connectivity index (χ1) is 15.6. The largest absolute Gasteiger partial charge is 0.481 e. The normalized spacial score (nSPS) is 10.9. The minimum Gasteiger partial charge on any atom is -0.481 e. The van der Waals surface area contributed by atoms with Crippen molar-refractivity contribution in [3.05, 3.63) is 90.3 Å². The highest BCUT2D eigenvalue weighted by Gasteiger charge is 2.14. The summed E-state index contributed by atoms with van der Waals surface area (Å²) in [5.41, 5.74) is 5.57. The van der Waals surface area contributed by atoms with Crippen molar-refractivity contribution in [1.82, 2.24) is 15.4 Å². The number of carboxylic acid groups (broad SMARTS) is 1. The first-order valence-corrected chi connectivity index (χ1v) is 9.69. The third-order valence-corrected chi connectivity index (χ3v) is 4.56. The van der Waals surface area contributed by atoms with Crippen LogP contribution in [0, 0.1) is 0 Å². The highest BCUT2D eigenvalue weighted by molar-refractivity contribution is 6.07. The van der Waals surface area contributed by atoms with Crippen molar-refractivity contribution in [2.24, 2.45) is 5.10 Å². The van der Waals surface area contributed by atoms with Gasteiger partial charge in [0.05, 0.1) is 23.0 Å². The third kappa shape index (κ3) is 4.76. The van der Waals surface area contributed by atoms with E-state index in [1.54, 1.807) is 48.8 Å². The second kappa shape index (κ2) is 9.48. The summed E-state index contributed by atoms with van der Waals surface area (Å²) in [6.07, 6.45) is 4.76. The molecule has 0 spiro atoms. The van der Waals surface area contributed by atoms with Crippen LogP contribution in [-0.2, 0) is 4.79 Å². The molecule has 4 rings (SSSR count). The van der Waals surface area contributed by atoms with Crippen molar-refractivity contribution in [1.29, 1.82) is 0 Å². The Morgan fingerprint density at radius 3 is 2.69 bits per heavy atom. The predicted octanol–water partition coefficient (Wildman–Crippen LogP) is 3.52. The van der Waals surface area contributed by atoms with Gasteiger partial charge in [0, 0.05) is 28.9 Å². The minimum absolute atomic E-state index is 0.348. The molecule has 0 unspecified atom stereocenters. The van der Waals surface area contributed by atoms with Gasteiger partial charge in [0.25, 0.3) is 5.91 Å². The number of hydrazone groups is 1. The van der Waals surface area contributed by atoms with Crippen LogP contribution in [0.5, 0.6) is 5.75 Å². The number of ether oxygens (including phenoxy) is 1. The molecule has 2 heterocycles. The third-order valence-electron chi connectivity index (χ3n) is 4.56. The summed E-state index contributed by atoms with van der Waals surface area (Å²) in [7, 11) is 0. The van der Waals surface area contributed by atoms with Gasteiger partial charge in [-0.05, 0) is 36.4 Å². The van der Waals surface area contributed by atoms with E-state index in [9.17, 15) is 9.59 Å². The molecule has 0 aliphatic heterocycles. The second-order valence-corrected chi connectivity index (χ2v) is 6.73. The molecule has 0 fully saturated rings. The zero-order valence-corrected chi connectivity index (χ0v) is 16.8. The lowest BCUT2D eigenvalue weighted by atomic mass is 10.0. The lowest BCUT2D eigenvalue weighted by molar-refractivity contribution is -0.139. The molecule has 2 aromatic carbocycles. The molecule has 0 saturated carbocycles. The maximum Gasteiger partial charge on any atom is 0.341 e. The number of amides is 1. The summed E-state index contributed by atoms with van der Waals surface area (Å²) >= 11 is 0. The molecule has 158 valence electrons. The number of pyridine rings is 2. The van der Waals surface area contributed by atoms with Crippen LogP contribution in [0.2, 0.25) is 0 Å². The number of nitrogens with one attached hydrogen (secondary N) is 1. The van der Waals surface area contributed by atoms with E-state index in [0.29, 0.717) is 33.5 Å². The average molecular weight is 426 g/mol. The number of benzene rings is 2. The van der Waals surface area contributed by atoms with Gasteiger partial charge in [0.15, 0.2) is 6.61 Å². The van der Waals surface area contributed by atoms with Gasteiger partial charge in [-0.25, -0.2) is 15.2 Å². The summed E-state index contributed by atoms with van der Waals surface area (Å²) in [6.45, 7) is -0.475. The fourth-order valence-electron chi connectivity index (χ4n) is 3.10. The number of carbonyl (C=O) groups excluding carboxylic acids is 1. The van der Waals surface area contributed by atoms with Crippen molar-refractivity contribution in [2.75, 3.05) is 6.61 Å². The number of carbonyl (C=O) groups is 2. The summed E-state index contributed by atoms with van der Waals surface area (Å²) in [4.78, 5) is 32.5. The standard InChI is InChI=1S/C24H18N4O4/c29-23(30)15-32-22-10-4-1-6-17(22)14-26-28-24(31)19-12-21(16-7-5-11-25-13-16)27-20-9-3-2-8-18(19)20/h1-14H,15H2,(H,28,31)(H,29,30). The number of hydrogen-bond acceptors (Lipinski definition) is 6. The molecule has 0 aliphatic rings. The highest BCUT2D eigenvalue weighted by atomic mass is 16.5. The van der Waals surface area contributed by atoms with Gasteiger partial charge in [-0.2, -0.15) is 5.10 Å². The van der Waals surface area contributed by atoms with E-state index < -0.39 is 18.5 Å². The Kier molecular flexibility index (Phi) is 6.12. The highest BCUT2D eigenvalue weighted by Crippen LogP contribution is 2.24. The quantitative estimate of drug-likeness (QED) is 0.345. The first-order valence-electron chi connectivity index (χ1n) is 9.69. The average Bonchev–Trinajstić information content (AvgIpc) is 2.83. The fraction of sp³-hybridized carbons (Fsp3) is 0.0417. The van der Waals surface area contributed by atoms with Crippen LogP contribution in [0.3, 0.4) is 0 Å². The number of aromatic nitrogens is 2. The van der Waals surface area contributed by atoms with Crippen molar-refractivity contribution in [2.45, 2.75) is 0 Å². The van der Waals surface area contributed by atoms with E-state index >= 15 is 0 Å². The summed E-state index contributed by atoms with van der Waals surface area (Å²) in [5, 5.41) is 13.5. The van der Waals surface area contributed by atoms with Gasteiger partial charge in [-0.15, -0.1) is 0 Å². The lowest BCUT2D eigenvalue weighted by Crippen LogP contribution is -2.18. The molecule has 4 aromatic rings. The molecule has 1 amide bonds. The number of hydrogen-bond donors (Lipinski definition) is 2. The van der Waals surface area contributed by atoms with Crippen LogP contribution in [0.1, 0.15) is 15.9 Å². The molecule has 32 heavy (non-hydrogen) atoms. The second-order valence-electron chi connectivity index (χ2n) is 6.73. The van der Waals surface area contributed by atoms with E-state index in [4.69, 9.17) is 9.84 Å². The number of aliphatic carboxylic acids is 1. The fourth-order valence-corrected chi connectivity index (χ4v) is 3.10. The predicted molar refractivity (Wildman–Crippen MR) is 120 cm³/mol. The molecule has 2 N–H and O–H groups in total. The molecule has 8 nitrogen and oxygen atoms in total. The van der Waals surface area contributed by atoms with Gasteiger partial charge < -0.3 is 9.84 Å². The number of nitrogens with zero attached hydrogens (tertiary/aromatic N) is 3. The minimum atomic E-state index is -1.08. The van der Waals surface area contributed by atoms with Gasteiger partial charge >= 0.3 is 5.97 Å². The van der Waals surface area contributed by atoms with Crippen molar-refractivity contribution in [3.63, 3.8) is 0 Å². The molecule has 2 aromatic heterocycles. The van der Waals surface area contributed by atoms with E-state index in [2.05, 4.69) is 20.5 Å². The molecule has 0 saturated heterocycles. The number of carboxylic acids is 1. The Labute approximate surface area is 183 Å². The first kappa shape index (κ1) is 20.7. The zero-order chi connectivity index (χ0) is 22.3. The van der Waals surface area contributed by atoms with Gasteiger partial charge in [0.1, 0.15) is 5.75 Å². The maximum atomic E-state index is 13.0. The van der Waals surface area contributed by atoms with Crippen LogP contribution < -0.4 is 10.2 Å². The molecule has 0 radical (unpaired) electrons. The van der Waals surface area contributed by atoms with Crippen molar-refractivity contribution in [3.8, 4) is 17.0 Å². The van der Waals surface area contributed by atoms with Crippen LogP contribution in [0.25, 0.3) is 22.2 Å². The number of rotatable bonds is 7. The topological polar surface area (TPSA) is 114 Å². The molecule has 8 heteroatoms. The Morgan fingerprint density at radius 1 is 1.06 bits per heavy atom. The summed E-state index contributed by atoms with van der Waals surface area (Å²) < 4.78 is 5.25. The van der Waals surface area contributed by atoms with Gasteiger partial charge in [-0.1, -0.05) is 30.3 Å². The van der Waals surface area contributed by atoms with E-state index in [1.165, 1.54) is 6.21 Å². The van der Waals surface area contributed by atoms with Gasteiger partial charge in [0.2, 0.25) is 0 Å². The Morgan fingerprint density at radius 2 is 1.88 bits per heavy atom. The lowest BCUT2D eigenvalue weighted by Gasteiger charge is -2.09. The van der Waals surface area contributed by atoms with Crippen LogP contribution in [-0.4, -0.2) is 39.8 Å². The molecule has 0 aliphatic carbocycles. The van der Waals surface area contributed by atoms with Crippen molar-refractivity contribution < 1.29 is 19.4 Å². The molecular weight excluding hydrogens is 408 g/mol. The monoisotopic (exact) mass is 426 g/mol. The van der Waals surface area contributed by atoms with E-state index in [1.807, 2.05) is 30.3 Å². The summed E-state index contributed by atoms with van der Waals surface area (Å²) in [5.74, 6) is -1.14. The molecule has 0 bridgehead atoms. The number of fused-ring (bicyclic) bond motifs is 1. The van der Waals surface area contributed by atoms with Crippen LogP contribution in [0.15, 0.2) is 84.2 Å². The van der Waals surface area contributed by atoms with Crippen LogP contribution >= 0.6 is 0 Å². The summed E-state index contributed by atoms with van der Waals surface area (Å²) in [6, 6.07) is 19.5. The Bertz CT molecular complexity index is 1310. The Hall–Kier alpha value is -4.59. The molecule has 0 atom stereocenters. The van der Waals surface area contributed by atoms with Gasteiger partial charge in [-0.3, -0.25) is 9.78 Å². The van der Waals surface area contributed by atoms with E-state index in [0.717, 1.165) is 5.56 Å². The maximum absolute atomic E-state index is 13.0. The van der Waals surface area contributed by atoms with Crippen LogP contribution in [0.4, 0.5) is 0 Å². The number of para-hydroxylation sites is 2. The zero-order valence-electron chi connectivity index (χ0n) is 16.8. The molecular formula is C24H18N4O4. The Balaban J connectivity index is 1.60. The van der Waals surface area contributed by atoms with E-state index in [-0.39, 0.29) is 0 Å². The SMILES string of the molecule is O=C(O)COc1ccccc1C=NNC(=O)c1cc(-c2cccnc2)nc2ccccc12.